The number of sulfonamides is 1. The summed E-state index contributed by atoms with van der Waals surface area (Å²) < 4.78 is 27.3. The van der Waals surface area contributed by atoms with Crippen LogP contribution in [0.4, 0.5) is 0 Å². The predicted molar refractivity (Wildman–Crippen MR) is 79.3 cm³/mol. The number of halogens is 1. The van der Waals surface area contributed by atoms with E-state index < -0.39 is 10.0 Å². The maximum Gasteiger partial charge on any atom is 0.243 e. The Morgan fingerprint density at radius 2 is 2.15 bits per heavy atom. The van der Waals surface area contributed by atoms with Gasteiger partial charge in [-0.25, -0.2) is 18.1 Å². The van der Waals surface area contributed by atoms with Crippen LogP contribution in [-0.2, 0) is 10.0 Å². The minimum Gasteiger partial charge on any atom is -0.303 e. The van der Waals surface area contributed by atoms with Gasteiger partial charge in [-0.3, -0.25) is 0 Å². The van der Waals surface area contributed by atoms with E-state index in [4.69, 9.17) is 11.6 Å². The number of rotatable bonds is 5. The second-order valence-corrected chi connectivity index (χ2v) is 7.07. The number of piperidine rings is 1. The molecule has 5 nitrogen and oxygen atoms in total. The van der Waals surface area contributed by atoms with Gasteiger partial charge in [-0.05, 0) is 51.0 Å². The lowest BCUT2D eigenvalue weighted by Gasteiger charge is -2.31. The predicted octanol–water partition coefficient (Wildman–Crippen LogP) is 1.89. The lowest BCUT2D eigenvalue weighted by molar-refractivity contribution is 0.208. The molecule has 7 heteroatoms. The molecule has 1 N–H and O–H groups in total. The molecule has 0 atom stereocenters. The van der Waals surface area contributed by atoms with Crippen molar-refractivity contribution in [2.24, 2.45) is 0 Å². The maximum atomic E-state index is 12.3. The first-order chi connectivity index (χ1) is 9.53. The number of nitrogens with one attached hydrogen (secondary N) is 1. The lowest BCUT2D eigenvalue weighted by Crippen LogP contribution is -2.44. The van der Waals surface area contributed by atoms with Crippen molar-refractivity contribution in [2.45, 2.75) is 37.1 Å². The molecule has 1 aliphatic rings. The molecule has 1 aliphatic heterocycles. The number of nitrogens with zero attached hydrogens (tertiary/aromatic N) is 2. The zero-order valence-electron chi connectivity index (χ0n) is 11.5. The van der Waals surface area contributed by atoms with Crippen LogP contribution in [0, 0.1) is 0 Å². The molecule has 0 aliphatic carbocycles. The van der Waals surface area contributed by atoms with Gasteiger partial charge in [0.15, 0.2) is 0 Å². The molecule has 0 bridgehead atoms. The van der Waals surface area contributed by atoms with Crippen molar-refractivity contribution in [3.8, 4) is 0 Å². The maximum absolute atomic E-state index is 12.3. The SMILES string of the molecule is CCCN1CCC(NS(=O)(=O)c2cccnc2Cl)CC1. The Bertz CT molecular complexity index is 542. The number of aromatic nitrogens is 1. The Kier molecular flexibility index (Phi) is 5.37. The Hall–Kier alpha value is -0.690. The van der Waals surface area contributed by atoms with Gasteiger partial charge in [-0.15, -0.1) is 0 Å². The number of hydrogen-bond acceptors (Lipinski definition) is 4. The quantitative estimate of drug-likeness (QED) is 0.842. The standard InChI is InChI=1S/C13H20ClN3O2S/c1-2-8-17-9-5-11(6-10-17)16-20(18,19)12-4-3-7-15-13(12)14/h3-4,7,11,16H,2,5-6,8-10H2,1H3. The van der Waals surface area contributed by atoms with Crippen LogP contribution in [-0.4, -0.2) is 44.0 Å². The highest BCUT2D eigenvalue weighted by atomic mass is 35.5. The zero-order valence-corrected chi connectivity index (χ0v) is 13.1. The Morgan fingerprint density at radius 3 is 2.75 bits per heavy atom. The van der Waals surface area contributed by atoms with E-state index in [1.165, 1.54) is 12.3 Å². The average Bonchev–Trinajstić information content (AvgIpc) is 2.41. The lowest BCUT2D eigenvalue weighted by atomic mass is 10.1. The second kappa shape index (κ2) is 6.85. The van der Waals surface area contributed by atoms with Gasteiger partial charge in [-0.1, -0.05) is 18.5 Å². The van der Waals surface area contributed by atoms with Crippen molar-refractivity contribution in [1.82, 2.24) is 14.6 Å². The molecular formula is C13H20ClN3O2S. The fourth-order valence-electron chi connectivity index (χ4n) is 2.45. The molecule has 2 heterocycles. The molecular weight excluding hydrogens is 298 g/mol. The first kappa shape index (κ1) is 15.7. The first-order valence-corrected chi connectivity index (χ1v) is 8.74. The summed E-state index contributed by atoms with van der Waals surface area (Å²) in [4.78, 5) is 6.23. The number of pyridine rings is 1. The summed E-state index contributed by atoms with van der Waals surface area (Å²) in [6, 6.07) is 3.03. The van der Waals surface area contributed by atoms with Crippen LogP contribution in [0.5, 0.6) is 0 Å². The van der Waals surface area contributed by atoms with Gasteiger partial charge in [-0.2, -0.15) is 0 Å². The minimum atomic E-state index is -3.58. The molecule has 1 fully saturated rings. The average molecular weight is 318 g/mol. The van der Waals surface area contributed by atoms with Gasteiger partial charge in [0, 0.05) is 12.2 Å². The molecule has 1 aromatic rings. The highest BCUT2D eigenvalue weighted by Gasteiger charge is 2.25. The second-order valence-electron chi connectivity index (χ2n) is 5.03. The summed E-state index contributed by atoms with van der Waals surface area (Å²) in [7, 11) is -3.58. The highest BCUT2D eigenvalue weighted by molar-refractivity contribution is 7.89. The van der Waals surface area contributed by atoms with Crippen LogP contribution in [0.3, 0.4) is 0 Å². The molecule has 1 aromatic heterocycles. The topological polar surface area (TPSA) is 62.3 Å². The van der Waals surface area contributed by atoms with Crippen molar-refractivity contribution < 1.29 is 8.42 Å². The summed E-state index contributed by atoms with van der Waals surface area (Å²) in [6.45, 7) is 5.09. The molecule has 0 aromatic carbocycles. The van der Waals surface area contributed by atoms with E-state index in [-0.39, 0.29) is 16.1 Å². The van der Waals surface area contributed by atoms with Crippen molar-refractivity contribution in [2.75, 3.05) is 19.6 Å². The van der Waals surface area contributed by atoms with Crippen molar-refractivity contribution >= 4 is 21.6 Å². The van der Waals surface area contributed by atoms with Gasteiger partial charge in [0.05, 0.1) is 0 Å². The third-order valence-electron chi connectivity index (χ3n) is 3.46. The third-order valence-corrected chi connectivity index (χ3v) is 5.43. The van der Waals surface area contributed by atoms with E-state index in [0.29, 0.717) is 0 Å². The number of likely N-dealkylation sites (tertiary alicyclic amines) is 1. The summed E-state index contributed by atoms with van der Waals surface area (Å²) in [6.07, 6.45) is 4.26. The monoisotopic (exact) mass is 317 g/mol. The fourth-order valence-corrected chi connectivity index (χ4v) is 4.20. The van der Waals surface area contributed by atoms with Gasteiger partial charge in [0.2, 0.25) is 10.0 Å². The summed E-state index contributed by atoms with van der Waals surface area (Å²) in [5, 5.41) is 0.0171. The van der Waals surface area contributed by atoms with Crippen molar-refractivity contribution in [1.29, 1.82) is 0 Å². The van der Waals surface area contributed by atoms with E-state index in [1.54, 1.807) is 6.07 Å². The molecule has 20 heavy (non-hydrogen) atoms. The van der Waals surface area contributed by atoms with E-state index in [9.17, 15) is 8.42 Å². The van der Waals surface area contributed by atoms with Crippen LogP contribution >= 0.6 is 11.6 Å². The summed E-state index contributed by atoms with van der Waals surface area (Å²) >= 11 is 5.85. The van der Waals surface area contributed by atoms with Crippen molar-refractivity contribution in [3.05, 3.63) is 23.5 Å². The molecule has 1 saturated heterocycles. The van der Waals surface area contributed by atoms with Crippen LogP contribution < -0.4 is 4.72 Å². The largest absolute Gasteiger partial charge is 0.303 e. The molecule has 0 unspecified atom stereocenters. The van der Waals surface area contributed by atoms with Crippen LogP contribution in [0.25, 0.3) is 0 Å². The van der Waals surface area contributed by atoms with Crippen LogP contribution in [0.2, 0.25) is 5.15 Å². The highest BCUT2D eigenvalue weighted by Crippen LogP contribution is 2.20. The normalized spacial score (nSPS) is 18.3. The Balaban J connectivity index is 1.99. The molecule has 0 saturated carbocycles. The fraction of sp³-hybridized carbons (Fsp3) is 0.615. The van der Waals surface area contributed by atoms with Crippen LogP contribution in [0.15, 0.2) is 23.2 Å². The van der Waals surface area contributed by atoms with Gasteiger partial charge in [0.1, 0.15) is 10.0 Å². The molecule has 0 radical (unpaired) electrons. The summed E-state index contributed by atoms with van der Waals surface area (Å²) in [5.41, 5.74) is 0. The van der Waals surface area contributed by atoms with E-state index in [1.807, 2.05) is 0 Å². The van der Waals surface area contributed by atoms with E-state index >= 15 is 0 Å². The van der Waals surface area contributed by atoms with Gasteiger partial charge in [0.25, 0.3) is 0 Å². The Morgan fingerprint density at radius 1 is 1.45 bits per heavy atom. The third kappa shape index (κ3) is 3.91. The summed E-state index contributed by atoms with van der Waals surface area (Å²) in [5.74, 6) is 0. The van der Waals surface area contributed by atoms with Gasteiger partial charge < -0.3 is 4.90 Å². The molecule has 112 valence electrons. The van der Waals surface area contributed by atoms with E-state index in [2.05, 4.69) is 21.5 Å². The van der Waals surface area contributed by atoms with Gasteiger partial charge >= 0.3 is 0 Å². The molecule has 0 spiro atoms. The zero-order chi connectivity index (χ0) is 14.6. The molecule has 2 rings (SSSR count). The molecule has 0 amide bonds. The Labute approximate surface area is 125 Å². The van der Waals surface area contributed by atoms with Crippen molar-refractivity contribution in [3.63, 3.8) is 0 Å². The number of hydrogen-bond donors (Lipinski definition) is 1. The smallest absolute Gasteiger partial charge is 0.243 e. The van der Waals surface area contributed by atoms with Crippen LogP contribution in [0.1, 0.15) is 26.2 Å². The minimum absolute atomic E-state index is 0.0171. The van der Waals surface area contributed by atoms with E-state index in [0.717, 1.165) is 38.9 Å². The first-order valence-electron chi connectivity index (χ1n) is 6.88.